The van der Waals surface area contributed by atoms with Crippen LogP contribution in [0.25, 0.3) is 5.76 Å². The smallest absolute Gasteiger partial charge is 0.300 e. The molecule has 0 spiro atoms. The van der Waals surface area contributed by atoms with Crippen molar-refractivity contribution in [1.82, 2.24) is 0 Å². The Labute approximate surface area is 226 Å². The van der Waals surface area contributed by atoms with E-state index < -0.39 is 17.7 Å². The average Bonchev–Trinajstić information content (AvgIpc) is 3.56. The molecule has 7 nitrogen and oxygen atoms in total. The van der Waals surface area contributed by atoms with Crippen LogP contribution in [0.3, 0.4) is 0 Å². The Hall–Kier alpha value is -3.97. The van der Waals surface area contributed by atoms with Crippen LogP contribution >= 0.6 is 11.6 Å². The fraction of sp³-hybridized carbons (Fsp3) is 0.267. The summed E-state index contributed by atoms with van der Waals surface area (Å²) < 4.78 is 10.8. The highest BCUT2D eigenvalue weighted by atomic mass is 35.5. The molecule has 3 aromatic rings. The van der Waals surface area contributed by atoms with Crippen molar-refractivity contribution in [2.24, 2.45) is 0 Å². The van der Waals surface area contributed by atoms with Crippen molar-refractivity contribution < 1.29 is 24.2 Å². The van der Waals surface area contributed by atoms with Crippen LogP contribution in [0.15, 0.2) is 66.2 Å². The van der Waals surface area contributed by atoms with E-state index in [1.807, 2.05) is 55.5 Å². The molecule has 196 valence electrons. The van der Waals surface area contributed by atoms with Gasteiger partial charge in [-0.3, -0.25) is 14.5 Å². The van der Waals surface area contributed by atoms with Crippen molar-refractivity contribution in [2.45, 2.75) is 25.8 Å². The second-order valence-electron chi connectivity index (χ2n) is 9.42. The molecule has 0 aliphatic carbocycles. The number of hydrogen-bond donors (Lipinski definition) is 1. The monoisotopic (exact) mass is 532 g/mol. The fourth-order valence-corrected chi connectivity index (χ4v) is 5.51. The molecule has 1 unspecified atom stereocenters. The van der Waals surface area contributed by atoms with E-state index in [0.29, 0.717) is 11.4 Å². The third-order valence-electron chi connectivity index (χ3n) is 7.26. The van der Waals surface area contributed by atoms with Crippen molar-refractivity contribution >= 4 is 40.4 Å². The fourth-order valence-electron chi connectivity index (χ4n) is 5.28. The van der Waals surface area contributed by atoms with Crippen LogP contribution in [0, 0.1) is 6.92 Å². The first-order valence-corrected chi connectivity index (χ1v) is 12.9. The van der Waals surface area contributed by atoms with E-state index in [9.17, 15) is 14.7 Å². The van der Waals surface area contributed by atoms with Crippen LogP contribution < -0.4 is 19.3 Å². The van der Waals surface area contributed by atoms with Crippen LogP contribution in [0.4, 0.5) is 11.4 Å². The minimum Gasteiger partial charge on any atom is -0.507 e. The highest BCUT2D eigenvalue weighted by Gasteiger charge is 2.47. The van der Waals surface area contributed by atoms with Crippen LogP contribution in [0.2, 0.25) is 5.02 Å². The van der Waals surface area contributed by atoms with Crippen LogP contribution in [0.1, 0.15) is 35.6 Å². The molecule has 1 N–H and O–H groups in total. The lowest BCUT2D eigenvalue weighted by Gasteiger charge is -2.27. The maximum atomic E-state index is 13.6. The zero-order valence-corrected chi connectivity index (χ0v) is 22.3. The molecule has 1 amide bonds. The number of ether oxygens (including phenoxy) is 2. The van der Waals surface area contributed by atoms with Gasteiger partial charge in [0, 0.05) is 30.5 Å². The molecule has 38 heavy (non-hydrogen) atoms. The lowest BCUT2D eigenvalue weighted by atomic mass is 9.92. The van der Waals surface area contributed by atoms with E-state index >= 15 is 0 Å². The Morgan fingerprint density at radius 3 is 2.18 bits per heavy atom. The molecule has 0 radical (unpaired) electrons. The first-order chi connectivity index (χ1) is 18.3. The number of rotatable bonds is 6. The number of ketones is 1. The van der Waals surface area contributed by atoms with Crippen molar-refractivity contribution in [3.8, 4) is 11.5 Å². The van der Waals surface area contributed by atoms with Gasteiger partial charge in [0.25, 0.3) is 11.7 Å². The van der Waals surface area contributed by atoms with Crippen molar-refractivity contribution in [3.63, 3.8) is 0 Å². The molecule has 2 saturated heterocycles. The Balaban J connectivity index is 1.69. The maximum Gasteiger partial charge on any atom is 0.300 e. The van der Waals surface area contributed by atoms with Crippen LogP contribution in [0.5, 0.6) is 11.5 Å². The molecular formula is C30H29ClN2O5. The van der Waals surface area contributed by atoms with Gasteiger partial charge in [0.1, 0.15) is 17.3 Å². The summed E-state index contributed by atoms with van der Waals surface area (Å²) in [6.07, 6.45) is 2.31. The predicted molar refractivity (Wildman–Crippen MR) is 148 cm³/mol. The molecule has 2 fully saturated rings. The molecule has 2 aliphatic rings. The van der Waals surface area contributed by atoms with Gasteiger partial charge in [0.15, 0.2) is 0 Å². The number of aliphatic hydroxyl groups excluding tert-OH is 1. The number of hydrogen-bond acceptors (Lipinski definition) is 6. The number of benzene rings is 3. The van der Waals surface area contributed by atoms with E-state index in [4.69, 9.17) is 21.1 Å². The van der Waals surface area contributed by atoms with Gasteiger partial charge >= 0.3 is 0 Å². The average molecular weight is 533 g/mol. The van der Waals surface area contributed by atoms with Crippen molar-refractivity contribution in [2.75, 3.05) is 37.1 Å². The summed E-state index contributed by atoms with van der Waals surface area (Å²) >= 11 is 6.27. The molecule has 0 aromatic heterocycles. The van der Waals surface area contributed by atoms with Gasteiger partial charge in [-0.25, -0.2) is 0 Å². The molecule has 0 bridgehead atoms. The third kappa shape index (κ3) is 4.37. The molecule has 2 aliphatic heterocycles. The highest BCUT2D eigenvalue weighted by Crippen LogP contribution is 2.45. The summed E-state index contributed by atoms with van der Waals surface area (Å²) in [5, 5.41) is 11.9. The molecular weight excluding hydrogens is 504 g/mol. The minimum absolute atomic E-state index is 0.0319. The van der Waals surface area contributed by atoms with Crippen molar-refractivity contribution in [1.29, 1.82) is 0 Å². The minimum atomic E-state index is -0.847. The number of aliphatic hydroxyl groups is 1. The zero-order chi connectivity index (χ0) is 27.0. The lowest BCUT2D eigenvalue weighted by Crippen LogP contribution is -2.29. The number of carbonyl (C=O) groups excluding carboxylic acids is 2. The largest absolute Gasteiger partial charge is 0.507 e. The normalized spacial score (nSPS) is 18.8. The molecule has 0 saturated carbocycles. The number of nitrogens with zero attached hydrogens (tertiary/aromatic N) is 2. The Morgan fingerprint density at radius 2 is 1.55 bits per heavy atom. The van der Waals surface area contributed by atoms with Crippen molar-refractivity contribution in [3.05, 3.63) is 87.9 Å². The van der Waals surface area contributed by atoms with E-state index in [1.54, 1.807) is 0 Å². The zero-order valence-electron chi connectivity index (χ0n) is 21.5. The third-order valence-corrected chi connectivity index (χ3v) is 7.55. The van der Waals surface area contributed by atoms with Gasteiger partial charge in [-0.1, -0.05) is 35.9 Å². The molecule has 5 rings (SSSR count). The number of anilines is 2. The van der Waals surface area contributed by atoms with Gasteiger partial charge in [0.05, 0.1) is 36.4 Å². The SMILES string of the molecule is COc1cc(/C(O)=C2\C(=O)C(=O)N(c3ccc(N4CCCC4)cc3)C2c2ccccc2C)c(OC)cc1Cl. The van der Waals surface area contributed by atoms with Gasteiger partial charge in [-0.15, -0.1) is 0 Å². The number of carbonyl (C=O) groups is 2. The van der Waals surface area contributed by atoms with Gasteiger partial charge in [-0.2, -0.15) is 0 Å². The lowest BCUT2D eigenvalue weighted by molar-refractivity contribution is -0.132. The Kier molecular flexibility index (Phi) is 7.04. The maximum absolute atomic E-state index is 13.6. The van der Waals surface area contributed by atoms with E-state index in [1.165, 1.54) is 31.3 Å². The second-order valence-corrected chi connectivity index (χ2v) is 9.83. The standard InChI is InChI=1S/C30H29ClN2O5/c1-18-8-4-5-9-21(18)27-26(28(34)22-16-25(38-3)23(31)17-24(22)37-2)29(35)30(36)33(27)20-12-10-19(11-13-20)32-14-6-7-15-32/h4-5,8-13,16-17,27,34H,6-7,14-15H2,1-3H3/b28-26+. The van der Waals surface area contributed by atoms with Gasteiger partial charge in [-0.05, 0) is 61.2 Å². The number of methoxy groups -OCH3 is 2. The Morgan fingerprint density at radius 1 is 0.921 bits per heavy atom. The first-order valence-electron chi connectivity index (χ1n) is 12.5. The Bertz CT molecular complexity index is 1430. The first kappa shape index (κ1) is 25.7. The summed E-state index contributed by atoms with van der Waals surface area (Å²) in [5.41, 5.74) is 3.43. The highest BCUT2D eigenvalue weighted by molar-refractivity contribution is 6.51. The number of aryl methyl sites for hydroxylation is 1. The van der Waals surface area contributed by atoms with E-state index in [0.717, 1.165) is 42.7 Å². The van der Waals surface area contributed by atoms with Crippen LogP contribution in [-0.2, 0) is 9.59 Å². The quantitative estimate of drug-likeness (QED) is 0.242. The molecule has 3 aromatic carbocycles. The molecule has 8 heteroatoms. The summed E-state index contributed by atoms with van der Waals surface area (Å²) in [7, 11) is 2.89. The van der Waals surface area contributed by atoms with Gasteiger partial charge in [0.2, 0.25) is 0 Å². The molecule has 2 heterocycles. The van der Waals surface area contributed by atoms with Gasteiger partial charge < -0.3 is 19.5 Å². The summed E-state index contributed by atoms with van der Waals surface area (Å²) in [5.74, 6) is -1.31. The van der Waals surface area contributed by atoms with E-state index in [-0.39, 0.29) is 27.7 Å². The van der Waals surface area contributed by atoms with E-state index in [2.05, 4.69) is 4.90 Å². The second kappa shape index (κ2) is 10.4. The topological polar surface area (TPSA) is 79.3 Å². The summed E-state index contributed by atoms with van der Waals surface area (Å²) in [6.45, 7) is 3.91. The summed E-state index contributed by atoms with van der Waals surface area (Å²) in [4.78, 5) is 30.9. The number of Topliss-reactive ketones (excluding diaryl/α,β-unsaturated/α-hetero) is 1. The summed E-state index contributed by atoms with van der Waals surface area (Å²) in [6, 6.07) is 17.3. The number of halogens is 1. The number of amides is 1. The predicted octanol–water partition coefficient (Wildman–Crippen LogP) is 5.89. The molecule has 1 atom stereocenters. The van der Waals surface area contributed by atoms with Crippen LogP contribution in [-0.4, -0.2) is 44.1 Å².